The first-order valence-electron chi connectivity index (χ1n) is 13.3. The Morgan fingerprint density at radius 1 is 1.17 bits per heavy atom. The molecule has 0 N–H and O–H groups in total. The van der Waals surface area contributed by atoms with E-state index in [9.17, 15) is 9.59 Å². The SMILES string of the molecule is CCOC(=O)C=Cc1ccc(N(C(=O)OC(C)(C)C)[C@@H]2CCN(C3CC(C)(C)CC(C)(C)C3)C2)nc1. The van der Waals surface area contributed by atoms with Crippen molar-refractivity contribution in [1.29, 1.82) is 0 Å². The van der Waals surface area contributed by atoms with Crippen molar-refractivity contribution < 1.29 is 19.1 Å². The van der Waals surface area contributed by atoms with Crippen molar-refractivity contribution in [2.75, 3.05) is 24.6 Å². The summed E-state index contributed by atoms with van der Waals surface area (Å²) in [6.07, 6.45) is 8.80. The topological polar surface area (TPSA) is 72.0 Å². The third-order valence-electron chi connectivity index (χ3n) is 6.92. The first-order chi connectivity index (χ1) is 16.7. The van der Waals surface area contributed by atoms with Crippen molar-refractivity contribution in [1.82, 2.24) is 9.88 Å². The molecule has 0 spiro atoms. The zero-order valence-corrected chi connectivity index (χ0v) is 23.5. The lowest BCUT2D eigenvalue weighted by molar-refractivity contribution is -0.137. The summed E-state index contributed by atoms with van der Waals surface area (Å²) in [5.74, 6) is 0.172. The van der Waals surface area contributed by atoms with Gasteiger partial charge in [0.25, 0.3) is 0 Å². The van der Waals surface area contributed by atoms with Gasteiger partial charge in [0.15, 0.2) is 0 Å². The number of ether oxygens (including phenoxy) is 2. The molecule has 2 aliphatic rings. The van der Waals surface area contributed by atoms with Crippen molar-refractivity contribution >= 4 is 24.0 Å². The van der Waals surface area contributed by atoms with Crippen LogP contribution < -0.4 is 4.90 Å². The summed E-state index contributed by atoms with van der Waals surface area (Å²) in [6.45, 7) is 19.0. The lowest BCUT2D eigenvalue weighted by Gasteiger charge is -2.48. The predicted molar refractivity (Wildman–Crippen MR) is 144 cm³/mol. The van der Waals surface area contributed by atoms with E-state index in [0.717, 1.165) is 25.1 Å². The highest BCUT2D eigenvalue weighted by Gasteiger charge is 2.44. The molecule has 0 bridgehead atoms. The minimum absolute atomic E-state index is 0.0126. The van der Waals surface area contributed by atoms with Crippen LogP contribution in [0.3, 0.4) is 0 Å². The van der Waals surface area contributed by atoms with Gasteiger partial charge in [-0.15, -0.1) is 0 Å². The Hall–Kier alpha value is -2.41. The second-order valence-corrected chi connectivity index (χ2v) is 12.9. The Labute approximate surface area is 217 Å². The maximum absolute atomic E-state index is 13.4. The number of carbonyl (C=O) groups excluding carboxylic acids is 2. The Kier molecular flexibility index (Phi) is 8.54. The van der Waals surface area contributed by atoms with Crippen LogP contribution in [-0.4, -0.2) is 59.3 Å². The number of aromatic nitrogens is 1. The summed E-state index contributed by atoms with van der Waals surface area (Å²) in [4.78, 5) is 33.9. The van der Waals surface area contributed by atoms with Gasteiger partial charge in [0.05, 0.1) is 12.6 Å². The van der Waals surface area contributed by atoms with Gasteiger partial charge in [-0.2, -0.15) is 0 Å². The van der Waals surface area contributed by atoms with E-state index in [1.54, 1.807) is 24.1 Å². The van der Waals surface area contributed by atoms with Crippen molar-refractivity contribution in [2.45, 2.75) is 98.8 Å². The van der Waals surface area contributed by atoms with Crippen LogP contribution in [-0.2, 0) is 14.3 Å². The fourth-order valence-electron chi connectivity index (χ4n) is 6.09. The van der Waals surface area contributed by atoms with Gasteiger partial charge < -0.3 is 9.47 Å². The van der Waals surface area contributed by atoms with E-state index in [2.05, 4.69) is 37.6 Å². The Bertz CT molecular complexity index is 930. The Morgan fingerprint density at radius 3 is 2.39 bits per heavy atom. The summed E-state index contributed by atoms with van der Waals surface area (Å²) < 4.78 is 10.7. The highest BCUT2D eigenvalue weighted by Crippen LogP contribution is 2.47. The quantitative estimate of drug-likeness (QED) is 0.349. The first kappa shape index (κ1) is 28.2. The number of anilines is 1. The standard InChI is InChI=1S/C29H45N3O4/c1-9-35-25(33)13-11-21-10-12-24(30-18-21)32(26(34)36-27(2,3)4)22-14-15-31(19-22)23-16-28(5,6)20-29(7,8)17-23/h10-13,18,22-23H,9,14-17,19-20H2,1-8H3/t22-/m1/s1. The number of hydrogen-bond donors (Lipinski definition) is 0. The van der Waals surface area contributed by atoms with E-state index in [4.69, 9.17) is 9.47 Å². The minimum atomic E-state index is -0.604. The second kappa shape index (κ2) is 10.9. The van der Waals surface area contributed by atoms with Gasteiger partial charge in [-0.05, 0) is 88.0 Å². The van der Waals surface area contributed by atoms with Gasteiger partial charge in [0, 0.05) is 31.4 Å². The molecule has 0 radical (unpaired) electrons. The summed E-state index contributed by atoms with van der Waals surface area (Å²) in [6, 6.07) is 4.18. The van der Waals surface area contributed by atoms with Gasteiger partial charge in [-0.1, -0.05) is 27.7 Å². The van der Waals surface area contributed by atoms with Crippen LogP contribution in [0.4, 0.5) is 10.6 Å². The van der Waals surface area contributed by atoms with Gasteiger partial charge in [0.1, 0.15) is 11.4 Å². The van der Waals surface area contributed by atoms with Crippen LogP contribution in [0.15, 0.2) is 24.4 Å². The molecule has 2 heterocycles. The molecule has 1 amide bonds. The molecule has 1 saturated carbocycles. The number of carbonyl (C=O) groups is 2. The first-order valence-corrected chi connectivity index (χ1v) is 13.3. The average molecular weight is 500 g/mol. The third kappa shape index (κ3) is 7.79. The van der Waals surface area contributed by atoms with E-state index in [-0.39, 0.29) is 12.1 Å². The summed E-state index contributed by atoms with van der Waals surface area (Å²) in [5.41, 5.74) is 0.775. The molecule has 1 atom stereocenters. The third-order valence-corrected chi connectivity index (χ3v) is 6.92. The van der Waals surface area contributed by atoms with Crippen molar-refractivity contribution in [2.24, 2.45) is 10.8 Å². The smallest absolute Gasteiger partial charge is 0.416 e. The van der Waals surface area contributed by atoms with Crippen LogP contribution in [0.25, 0.3) is 6.08 Å². The molecule has 1 aromatic heterocycles. The van der Waals surface area contributed by atoms with Gasteiger partial charge in [-0.3, -0.25) is 9.80 Å². The van der Waals surface area contributed by atoms with E-state index in [0.29, 0.717) is 29.3 Å². The number of pyridine rings is 1. The summed E-state index contributed by atoms with van der Waals surface area (Å²) in [7, 11) is 0. The van der Waals surface area contributed by atoms with Crippen molar-refractivity contribution in [3.05, 3.63) is 30.0 Å². The second-order valence-electron chi connectivity index (χ2n) is 12.9. The summed E-state index contributed by atoms with van der Waals surface area (Å²) in [5, 5.41) is 0. The van der Waals surface area contributed by atoms with Crippen molar-refractivity contribution in [3.8, 4) is 0 Å². The molecule has 1 aliphatic carbocycles. The molecule has 2 fully saturated rings. The van der Waals surface area contributed by atoms with E-state index in [1.807, 2.05) is 32.9 Å². The highest BCUT2D eigenvalue weighted by molar-refractivity contribution is 5.88. The fraction of sp³-hybridized carbons (Fsp3) is 0.690. The molecule has 36 heavy (non-hydrogen) atoms. The molecule has 1 saturated heterocycles. The van der Waals surface area contributed by atoms with Crippen molar-refractivity contribution in [3.63, 3.8) is 0 Å². The number of likely N-dealkylation sites (tertiary alicyclic amines) is 1. The number of amides is 1. The number of hydrogen-bond acceptors (Lipinski definition) is 6. The normalized spacial score (nSPS) is 22.5. The molecule has 0 unspecified atom stereocenters. The highest BCUT2D eigenvalue weighted by atomic mass is 16.6. The maximum Gasteiger partial charge on any atom is 0.416 e. The molecule has 7 heteroatoms. The summed E-state index contributed by atoms with van der Waals surface area (Å²) >= 11 is 0. The van der Waals surface area contributed by atoms with Crippen LogP contribution in [0.1, 0.15) is 86.6 Å². The van der Waals surface area contributed by atoms with Gasteiger partial charge in [0.2, 0.25) is 0 Å². The maximum atomic E-state index is 13.4. The van der Waals surface area contributed by atoms with E-state index >= 15 is 0 Å². The fourth-order valence-corrected chi connectivity index (χ4v) is 6.09. The van der Waals surface area contributed by atoms with Crippen LogP contribution in [0, 0.1) is 10.8 Å². The Morgan fingerprint density at radius 2 is 1.83 bits per heavy atom. The monoisotopic (exact) mass is 499 g/mol. The lowest BCUT2D eigenvalue weighted by Crippen LogP contribution is -2.48. The lowest BCUT2D eigenvalue weighted by atomic mass is 9.63. The van der Waals surface area contributed by atoms with Gasteiger partial charge in [-0.25, -0.2) is 14.6 Å². The molecular weight excluding hydrogens is 454 g/mol. The molecule has 3 rings (SSSR count). The molecule has 200 valence electrons. The Balaban J connectivity index is 1.80. The zero-order valence-electron chi connectivity index (χ0n) is 23.5. The number of nitrogens with zero attached hydrogens (tertiary/aromatic N) is 3. The van der Waals surface area contributed by atoms with Crippen LogP contribution in [0.5, 0.6) is 0 Å². The average Bonchev–Trinajstić information content (AvgIpc) is 3.20. The molecule has 7 nitrogen and oxygen atoms in total. The number of rotatable bonds is 6. The largest absolute Gasteiger partial charge is 0.463 e. The van der Waals surface area contributed by atoms with E-state index < -0.39 is 11.6 Å². The van der Waals surface area contributed by atoms with Crippen LogP contribution >= 0.6 is 0 Å². The van der Waals surface area contributed by atoms with Gasteiger partial charge >= 0.3 is 12.1 Å². The van der Waals surface area contributed by atoms with Crippen LogP contribution in [0.2, 0.25) is 0 Å². The minimum Gasteiger partial charge on any atom is -0.463 e. The number of esters is 1. The molecule has 1 aromatic rings. The zero-order chi connectivity index (χ0) is 26.7. The molecule has 0 aromatic carbocycles. The predicted octanol–water partition coefficient (Wildman–Crippen LogP) is 6.08. The molecular formula is C29H45N3O4. The molecule has 1 aliphatic heterocycles. The van der Waals surface area contributed by atoms with E-state index in [1.165, 1.54) is 25.3 Å².